The molecule has 0 saturated heterocycles. The fourth-order valence-electron chi connectivity index (χ4n) is 4.11. The summed E-state index contributed by atoms with van der Waals surface area (Å²) in [5.41, 5.74) is 6.27. The molecule has 202 valence electrons. The maximum Gasteiger partial charge on any atom is 0.272 e. The van der Waals surface area contributed by atoms with Crippen LogP contribution in [-0.4, -0.2) is 23.2 Å². The predicted molar refractivity (Wildman–Crippen MR) is 157 cm³/mol. The van der Waals surface area contributed by atoms with Crippen molar-refractivity contribution in [3.8, 4) is 22.8 Å². The van der Waals surface area contributed by atoms with Crippen molar-refractivity contribution < 1.29 is 18.7 Å². The quantitative estimate of drug-likeness (QED) is 0.150. The molecule has 7 nitrogen and oxygen atoms in total. The lowest BCUT2D eigenvalue weighted by molar-refractivity contribution is 0.0956. The number of hydrazone groups is 1. The van der Waals surface area contributed by atoms with E-state index in [0.29, 0.717) is 39.1 Å². The first-order valence-corrected chi connectivity index (χ1v) is 13.2. The predicted octanol–water partition coefficient (Wildman–Crippen LogP) is 7.59. The molecule has 0 unspecified atom stereocenters. The Hall–Kier alpha value is -4.62. The number of aromatic nitrogens is 1. The normalized spacial score (nSPS) is 11.3. The standard InChI is InChI=1S/C32H28ClN3O4/c1-20(2)39-23-10-8-22(9-11-23)31-17-28(27-6-4-5-7-30(27)35-31)32(37)36-34-18-25-12-13-26(40-25)19-38-24-14-15-29(33)21(3)16-24/h4-18,20H,19H2,1-3H3,(H,36,37). The fraction of sp³-hybridized carbons (Fsp3) is 0.156. The molecule has 0 bridgehead atoms. The fourth-order valence-corrected chi connectivity index (χ4v) is 4.22. The molecule has 0 radical (unpaired) electrons. The lowest BCUT2D eigenvalue weighted by atomic mass is 10.0. The third-order valence-corrected chi connectivity index (χ3v) is 6.46. The summed E-state index contributed by atoms with van der Waals surface area (Å²) >= 11 is 6.07. The third kappa shape index (κ3) is 6.50. The zero-order valence-electron chi connectivity index (χ0n) is 22.4. The van der Waals surface area contributed by atoms with E-state index in [0.717, 1.165) is 22.3 Å². The zero-order valence-corrected chi connectivity index (χ0v) is 23.1. The van der Waals surface area contributed by atoms with Gasteiger partial charge in [-0.3, -0.25) is 4.79 Å². The molecule has 5 aromatic rings. The van der Waals surface area contributed by atoms with Gasteiger partial charge in [0.05, 0.1) is 29.1 Å². The number of hydrogen-bond acceptors (Lipinski definition) is 6. The molecule has 8 heteroatoms. The molecule has 0 fully saturated rings. The first-order chi connectivity index (χ1) is 19.4. The van der Waals surface area contributed by atoms with E-state index in [4.69, 9.17) is 30.5 Å². The van der Waals surface area contributed by atoms with E-state index in [-0.39, 0.29) is 18.6 Å². The number of nitrogens with zero attached hydrogens (tertiary/aromatic N) is 2. The van der Waals surface area contributed by atoms with Crippen LogP contribution >= 0.6 is 11.6 Å². The van der Waals surface area contributed by atoms with E-state index in [9.17, 15) is 4.79 Å². The van der Waals surface area contributed by atoms with E-state index in [1.165, 1.54) is 6.21 Å². The molecule has 2 heterocycles. The Labute approximate surface area is 237 Å². The minimum atomic E-state index is -0.357. The molecule has 1 N–H and O–H groups in total. The Morgan fingerprint density at radius 2 is 1.80 bits per heavy atom. The van der Waals surface area contributed by atoms with Gasteiger partial charge in [0.1, 0.15) is 29.6 Å². The minimum Gasteiger partial charge on any atom is -0.491 e. The van der Waals surface area contributed by atoms with Crippen molar-refractivity contribution in [2.24, 2.45) is 5.10 Å². The van der Waals surface area contributed by atoms with Crippen LogP contribution in [0.3, 0.4) is 0 Å². The second kappa shape index (κ2) is 12.1. The van der Waals surface area contributed by atoms with Crippen molar-refractivity contribution in [2.45, 2.75) is 33.5 Å². The average molecular weight is 554 g/mol. The molecule has 0 aliphatic carbocycles. The molecule has 2 aromatic heterocycles. The van der Waals surface area contributed by atoms with Crippen molar-refractivity contribution in [1.82, 2.24) is 10.4 Å². The van der Waals surface area contributed by atoms with Crippen molar-refractivity contribution in [3.63, 3.8) is 0 Å². The van der Waals surface area contributed by atoms with Crippen LogP contribution in [0.5, 0.6) is 11.5 Å². The number of halogens is 1. The Bertz CT molecular complexity index is 1680. The lowest BCUT2D eigenvalue weighted by Gasteiger charge is -2.11. The number of nitrogens with one attached hydrogen (secondary N) is 1. The molecule has 3 aromatic carbocycles. The summed E-state index contributed by atoms with van der Waals surface area (Å²) in [5.74, 6) is 2.22. The summed E-state index contributed by atoms with van der Waals surface area (Å²) < 4.78 is 17.3. The minimum absolute atomic E-state index is 0.0836. The Balaban J connectivity index is 1.28. The first kappa shape index (κ1) is 27.0. The van der Waals surface area contributed by atoms with Crippen molar-refractivity contribution in [1.29, 1.82) is 0 Å². The van der Waals surface area contributed by atoms with E-state index >= 15 is 0 Å². The van der Waals surface area contributed by atoms with Crippen LogP contribution in [-0.2, 0) is 6.61 Å². The van der Waals surface area contributed by atoms with Gasteiger partial charge in [0, 0.05) is 16.0 Å². The third-order valence-electron chi connectivity index (χ3n) is 6.03. The highest BCUT2D eigenvalue weighted by Crippen LogP contribution is 2.27. The summed E-state index contributed by atoms with van der Waals surface area (Å²) in [6.07, 6.45) is 1.53. The molecule has 0 aliphatic heterocycles. The molecule has 0 atom stereocenters. The molecule has 0 aliphatic rings. The zero-order chi connectivity index (χ0) is 28.1. The second-order valence-corrected chi connectivity index (χ2v) is 9.87. The van der Waals surface area contributed by atoms with Gasteiger partial charge in [0.2, 0.25) is 0 Å². The highest BCUT2D eigenvalue weighted by Gasteiger charge is 2.14. The molecule has 0 spiro atoms. The van der Waals surface area contributed by atoms with Crippen LogP contribution in [0, 0.1) is 6.92 Å². The number of amides is 1. The number of benzene rings is 3. The molecule has 0 saturated carbocycles. The van der Waals surface area contributed by atoms with Crippen LogP contribution in [0.4, 0.5) is 0 Å². The molecule has 40 heavy (non-hydrogen) atoms. The maximum atomic E-state index is 13.2. The lowest BCUT2D eigenvalue weighted by Crippen LogP contribution is -2.18. The van der Waals surface area contributed by atoms with Crippen LogP contribution < -0.4 is 14.9 Å². The number of para-hydroxylation sites is 1. The number of ether oxygens (including phenoxy) is 2. The maximum absolute atomic E-state index is 13.2. The topological polar surface area (TPSA) is 86.0 Å². The Kier molecular flexibility index (Phi) is 8.12. The Morgan fingerprint density at radius 1 is 1.02 bits per heavy atom. The van der Waals surface area contributed by atoms with Crippen molar-refractivity contribution in [2.75, 3.05) is 0 Å². The summed E-state index contributed by atoms with van der Waals surface area (Å²) in [6, 6.07) is 26.0. The smallest absolute Gasteiger partial charge is 0.272 e. The number of hydrogen-bond donors (Lipinski definition) is 1. The number of aryl methyl sites for hydroxylation is 1. The van der Waals surface area contributed by atoms with Crippen LogP contribution in [0.2, 0.25) is 5.02 Å². The second-order valence-electron chi connectivity index (χ2n) is 9.47. The van der Waals surface area contributed by atoms with Crippen LogP contribution in [0.1, 0.15) is 41.3 Å². The van der Waals surface area contributed by atoms with Gasteiger partial charge in [0.15, 0.2) is 0 Å². The first-order valence-electron chi connectivity index (χ1n) is 12.8. The molecular formula is C32H28ClN3O4. The van der Waals surface area contributed by atoms with Gasteiger partial charge in [-0.2, -0.15) is 5.10 Å². The van der Waals surface area contributed by atoms with Gasteiger partial charge in [-0.15, -0.1) is 0 Å². The van der Waals surface area contributed by atoms with Gasteiger partial charge < -0.3 is 13.9 Å². The summed E-state index contributed by atoms with van der Waals surface area (Å²) in [6.45, 7) is 6.13. The molecule has 1 amide bonds. The number of rotatable bonds is 9. The number of furan rings is 1. The highest BCUT2D eigenvalue weighted by molar-refractivity contribution is 6.31. The van der Waals surface area contributed by atoms with Gasteiger partial charge in [-0.1, -0.05) is 29.8 Å². The molecular weight excluding hydrogens is 526 g/mol. The van der Waals surface area contributed by atoms with Gasteiger partial charge in [-0.25, -0.2) is 10.4 Å². The summed E-state index contributed by atoms with van der Waals surface area (Å²) in [7, 11) is 0. The van der Waals surface area contributed by atoms with E-state index in [1.807, 2.05) is 75.4 Å². The van der Waals surface area contributed by atoms with Crippen molar-refractivity contribution >= 4 is 34.6 Å². The Morgan fingerprint density at radius 3 is 2.58 bits per heavy atom. The summed E-state index contributed by atoms with van der Waals surface area (Å²) in [5, 5.41) is 5.53. The van der Waals surface area contributed by atoms with E-state index in [1.54, 1.807) is 30.3 Å². The highest BCUT2D eigenvalue weighted by atomic mass is 35.5. The number of pyridine rings is 1. The number of carbonyl (C=O) groups is 1. The average Bonchev–Trinajstić information content (AvgIpc) is 3.40. The van der Waals surface area contributed by atoms with Crippen LogP contribution in [0.15, 0.2) is 94.4 Å². The van der Waals surface area contributed by atoms with Crippen molar-refractivity contribution in [3.05, 3.63) is 113 Å². The van der Waals surface area contributed by atoms with E-state index in [2.05, 4.69) is 10.5 Å². The summed E-state index contributed by atoms with van der Waals surface area (Å²) in [4.78, 5) is 18.0. The van der Waals surface area contributed by atoms with E-state index < -0.39 is 0 Å². The molecule has 5 rings (SSSR count). The number of carbonyl (C=O) groups excluding carboxylic acids is 1. The van der Waals surface area contributed by atoms with Gasteiger partial charge in [-0.05, 0) is 93.1 Å². The monoisotopic (exact) mass is 553 g/mol. The van der Waals surface area contributed by atoms with Crippen LogP contribution in [0.25, 0.3) is 22.2 Å². The SMILES string of the molecule is Cc1cc(OCc2ccc(C=NNC(=O)c3cc(-c4ccc(OC(C)C)cc4)nc4ccccc34)o2)ccc1Cl. The van der Waals surface area contributed by atoms with Gasteiger partial charge in [0.25, 0.3) is 5.91 Å². The number of fused-ring (bicyclic) bond motifs is 1. The largest absolute Gasteiger partial charge is 0.491 e. The van der Waals surface area contributed by atoms with Gasteiger partial charge >= 0.3 is 0 Å².